The molecule has 0 bridgehead atoms. The molecule has 0 atom stereocenters. The van der Waals surface area contributed by atoms with Crippen LogP contribution in [0.3, 0.4) is 0 Å². The zero-order chi connectivity index (χ0) is 16.7. The molecular weight excluding hydrogens is 334 g/mol. The summed E-state index contributed by atoms with van der Waals surface area (Å²) in [7, 11) is 1.74. The Bertz CT molecular complexity index is 764. The van der Waals surface area contributed by atoms with Gasteiger partial charge in [-0.25, -0.2) is 0 Å². The fourth-order valence-corrected chi connectivity index (χ4v) is 3.70. The van der Waals surface area contributed by atoms with E-state index in [0.29, 0.717) is 29.4 Å². The smallest absolute Gasteiger partial charge is 0.378 e. The molecule has 4 rings (SSSR count). The van der Waals surface area contributed by atoms with Crippen molar-refractivity contribution in [3.63, 3.8) is 0 Å². The highest BCUT2D eigenvalue weighted by Gasteiger charge is 2.34. The largest absolute Gasteiger partial charge is 0.396 e. The van der Waals surface area contributed by atoms with Gasteiger partial charge in [0.05, 0.1) is 13.2 Å². The third-order valence-corrected chi connectivity index (χ3v) is 5.20. The molecule has 0 N–H and O–H groups in total. The maximum absolute atomic E-state index is 11.2. The van der Waals surface area contributed by atoms with Crippen molar-refractivity contribution in [2.24, 2.45) is 7.05 Å². The lowest BCUT2D eigenvalue weighted by molar-refractivity contribution is -0.392. The Hall–Kier alpha value is -2.14. The first-order valence-corrected chi connectivity index (χ1v) is 8.58. The minimum atomic E-state index is -0.469. The van der Waals surface area contributed by atoms with Crippen LogP contribution < -0.4 is 4.90 Å². The number of aromatic nitrogens is 5. The molecule has 1 aliphatic heterocycles. The summed E-state index contributed by atoms with van der Waals surface area (Å²) in [5, 5.41) is 20.9. The highest BCUT2D eigenvalue weighted by molar-refractivity contribution is 7.99. The molecule has 0 amide bonds. The normalized spacial score (nSPS) is 18.1. The van der Waals surface area contributed by atoms with Crippen LogP contribution in [0.4, 0.5) is 11.8 Å². The van der Waals surface area contributed by atoms with Gasteiger partial charge in [-0.1, -0.05) is 0 Å². The molecule has 2 aliphatic rings. The Morgan fingerprint density at radius 3 is 2.75 bits per heavy atom. The lowest BCUT2D eigenvalue weighted by Gasteiger charge is -2.27. The summed E-state index contributed by atoms with van der Waals surface area (Å²) < 4.78 is 9.14. The van der Waals surface area contributed by atoms with E-state index in [1.165, 1.54) is 18.1 Å². The monoisotopic (exact) mass is 351 g/mol. The summed E-state index contributed by atoms with van der Waals surface area (Å²) in [6, 6.07) is 0.368. The van der Waals surface area contributed by atoms with Crippen LogP contribution in [0.2, 0.25) is 0 Å². The van der Waals surface area contributed by atoms with Gasteiger partial charge in [-0.2, -0.15) is 0 Å². The van der Waals surface area contributed by atoms with E-state index in [4.69, 9.17) is 4.74 Å². The first-order valence-electron chi connectivity index (χ1n) is 7.76. The van der Waals surface area contributed by atoms with Gasteiger partial charge in [0.15, 0.2) is 10.2 Å². The van der Waals surface area contributed by atoms with E-state index < -0.39 is 4.92 Å². The molecule has 0 radical (unpaired) electrons. The maximum Gasteiger partial charge on any atom is 0.396 e. The van der Waals surface area contributed by atoms with Gasteiger partial charge in [0.25, 0.3) is 0 Å². The Labute approximate surface area is 142 Å². The third-order valence-electron chi connectivity index (χ3n) is 4.08. The molecule has 24 heavy (non-hydrogen) atoms. The fourth-order valence-electron chi connectivity index (χ4n) is 2.71. The van der Waals surface area contributed by atoms with Crippen LogP contribution >= 0.6 is 11.8 Å². The van der Waals surface area contributed by atoms with Crippen molar-refractivity contribution in [3.05, 3.63) is 16.4 Å². The molecule has 2 aromatic rings. The van der Waals surface area contributed by atoms with Gasteiger partial charge in [0.2, 0.25) is 12.3 Å². The average molecular weight is 351 g/mol. The third kappa shape index (κ3) is 2.73. The molecule has 10 nitrogen and oxygen atoms in total. The van der Waals surface area contributed by atoms with Gasteiger partial charge in [0.1, 0.15) is 0 Å². The van der Waals surface area contributed by atoms with Crippen molar-refractivity contribution < 1.29 is 9.66 Å². The lowest BCUT2D eigenvalue weighted by atomic mass is 10.4. The van der Waals surface area contributed by atoms with Crippen LogP contribution in [0.5, 0.6) is 0 Å². The number of morpholine rings is 1. The van der Waals surface area contributed by atoms with Crippen LogP contribution in [-0.2, 0) is 11.8 Å². The van der Waals surface area contributed by atoms with Crippen LogP contribution in [-0.4, -0.2) is 55.5 Å². The number of aryl methyl sites for hydroxylation is 1. The van der Waals surface area contributed by atoms with E-state index in [1.807, 2.05) is 0 Å². The van der Waals surface area contributed by atoms with Crippen molar-refractivity contribution in [3.8, 4) is 0 Å². The second-order valence-electron chi connectivity index (χ2n) is 5.83. The van der Waals surface area contributed by atoms with Gasteiger partial charge in [-0.05, 0) is 34.5 Å². The Kier molecular flexibility index (Phi) is 3.88. The molecule has 0 spiro atoms. The van der Waals surface area contributed by atoms with Gasteiger partial charge in [0, 0.05) is 26.2 Å². The van der Waals surface area contributed by atoms with E-state index in [9.17, 15) is 10.1 Å². The summed E-state index contributed by atoms with van der Waals surface area (Å²) >= 11 is 1.25. The highest BCUT2D eigenvalue weighted by Crippen LogP contribution is 2.43. The van der Waals surface area contributed by atoms with E-state index in [0.717, 1.165) is 31.9 Å². The first-order chi connectivity index (χ1) is 11.6. The second-order valence-corrected chi connectivity index (χ2v) is 6.78. The molecule has 11 heteroatoms. The maximum atomic E-state index is 11.2. The zero-order valence-electron chi connectivity index (χ0n) is 13.2. The second kappa shape index (κ2) is 6.06. The zero-order valence-corrected chi connectivity index (χ0v) is 14.0. The molecular formula is C13H17N7O3S. The molecule has 1 aliphatic carbocycles. The number of hydrogen-bond acceptors (Lipinski definition) is 8. The van der Waals surface area contributed by atoms with Crippen molar-refractivity contribution >= 4 is 23.5 Å². The summed E-state index contributed by atoms with van der Waals surface area (Å²) in [4.78, 5) is 16.7. The van der Waals surface area contributed by atoms with Gasteiger partial charge >= 0.3 is 5.82 Å². The van der Waals surface area contributed by atoms with Crippen molar-refractivity contribution in [1.82, 2.24) is 24.3 Å². The molecule has 1 saturated carbocycles. The number of nitro groups is 1. The summed E-state index contributed by atoms with van der Waals surface area (Å²) in [5.41, 5.74) is 0. The molecule has 2 fully saturated rings. The number of anilines is 1. The number of rotatable bonds is 5. The first kappa shape index (κ1) is 15.4. The number of imidazole rings is 1. The van der Waals surface area contributed by atoms with Gasteiger partial charge in [-0.15, -0.1) is 10.2 Å². The Morgan fingerprint density at radius 1 is 1.33 bits per heavy atom. The molecule has 128 valence electrons. The van der Waals surface area contributed by atoms with E-state index >= 15 is 0 Å². The predicted molar refractivity (Wildman–Crippen MR) is 85.3 cm³/mol. The van der Waals surface area contributed by atoms with Gasteiger partial charge in [-0.3, -0.25) is 4.57 Å². The lowest BCUT2D eigenvalue weighted by Crippen LogP contribution is -2.38. The van der Waals surface area contributed by atoms with Crippen molar-refractivity contribution in [2.45, 2.75) is 29.1 Å². The SMILES string of the molecule is Cn1cnc([N+](=O)[O-])c1Sc1nnc(N2CCOCC2)n1C1CC1. The number of nitrogens with zero attached hydrogens (tertiary/aromatic N) is 7. The summed E-state index contributed by atoms with van der Waals surface area (Å²) in [6.45, 7) is 2.91. The van der Waals surface area contributed by atoms with Crippen molar-refractivity contribution in [1.29, 1.82) is 0 Å². The molecule has 1 saturated heterocycles. The van der Waals surface area contributed by atoms with Crippen LogP contribution in [0.1, 0.15) is 18.9 Å². The standard InChI is InChI=1S/C13H17N7O3S/c1-17-8-14-10(20(21)22)11(17)24-13-16-15-12(19(13)9-2-3-9)18-4-6-23-7-5-18/h8-9H,2-7H2,1H3. The number of ether oxygens (including phenoxy) is 1. The molecule has 3 heterocycles. The van der Waals surface area contributed by atoms with E-state index in [1.54, 1.807) is 11.6 Å². The van der Waals surface area contributed by atoms with Crippen molar-refractivity contribution in [2.75, 3.05) is 31.2 Å². The molecule has 2 aromatic heterocycles. The molecule has 0 aromatic carbocycles. The minimum Gasteiger partial charge on any atom is -0.378 e. The Morgan fingerprint density at radius 2 is 2.08 bits per heavy atom. The fraction of sp³-hybridized carbons (Fsp3) is 0.615. The van der Waals surface area contributed by atoms with Gasteiger partial charge < -0.3 is 24.3 Å². The molecule has 0 unspecified atom stereocenters. The van der Waals surface area contributed by atoms with Crippen LogP contribution in [0, 0.1) is 10.1 Å². The number of hydrogen-bond donors (Lipinski definition) is 0. The average Bonchev–Trinajstić information content (AvgIpc) is 3.23. The highest BCUT2D eigenvalue weighted by atomic mass is 32.2. The van der Waals surface area contributed by atoms with E-state index in [2.05, 4.69) is 24.6 Å². The topological polar surface area (TPSA) is 104 Å². The summed E-state index contributed by atoms with van der Waals surface area (Å²) in [6.07, 6.45) is 3.61. The Balaban J connectivity index is 1.68. The van der Waals surface area contributed by atoms with Crippen LogP contribution in [0.15, 0.2) is 16.5 Å². The van der Waals surface area contributed by atoms with Crippen LogP contribution in [0.25, 0.3) is 0 Å². The minimum absolute atomic E-state index is 0.152. The quantitative estimate of drug-likeness (QED) is 0.585. The van der Waals surface area contributed by atoms with E-state index in [-0.39, 0.29) is 5.82 Å². The summed E-state index contributed by atoms with van der Waals surface area (Å²) in [5.74, 6) is 0.675. The predicted octanol–water partition coefficient (Wildman–Crippen LogP) is 1.24.